The SMILES string of the molecule is CCOCOCC(CC(Cc1cccc(OC(F)(F)F)c1)C(=O)NO)NC(=O)c1ccc(Cl)cc1. The van der Waals surface area contributed by atoms with E-state index in [1.165, 1.54) is 24.3 Å². The number of hydrogen-bond donors (Lipinski definition) is 3. The molecular weight excluding hydrogens is 493 g/mol. The molecule has 0 heterocycles. The topological polar surface area (TPSA) is 106 Å². The van der Waals surface area contributed by atoms with Crippen LogP contribution in [0.2, 0.25) is 5.02 Å². The van der Waals surface area contributed by atoms with Crippen molar-refractivity contribution >= 4 is 23.4 Å². The van der Waals surface area contributed by atoms with Crippen molar-refractivity contribution in [1.29, 1.82) is 0 Å². The van der Waals surface area contributed by atoms with E-state index in [-0.39, 0.29) is 26.2 Å². The molecule has 0 aromatic heterocycles. The van der Waals surface area contributed by atoms with Crippen molar-refractivity contribution in [2.45, 2.75) is 32.2 Å². The van der Waals surface area contributed by atoms with Crippen molar-refractivity contribution in [1.82, 2.24) is 10.8 Å². The zero-order chi connectivity index (χ0) is 25.8. The molecule has 2 rings (SSSR count). The number of hydroxylamine groups is 1. The Kier molecular flexibility index (Phi) is 11.3. The molecule has 192 valence electrons. The van der Waals surface area contributed by atoms with Crippen LogP contribution in [0.1, 0.15) is 29.3 Å². The number of carbonyl (C=O) groups is 2. The standard InChI is InChI=1S/C23H26ClF3N2O6/c1-2-33-14-34-13-19(28-21(30)16-6-8-18(24)9-7-16)12-17(22(31)29-32)10-15-4-3-5-20(11-15)35-23(25,26)27/h3-9,11,17,19,32H,2,10,12-14H2,1H3,(H,28,30)(H,29,31). The summed E-state index contributed by atoms with van der Waals surface area (Å²) in [4.78, 5) is 25.1. The lowest BCUT2D eigenvalue weighted by molar-refractivity contribution is -0.274. The summed E-state index contributed by atoms with van der Waals surface area (Å²) in [6.07, 6.45) is -4.90. The van der Waals surface area contributed by atoms with Gasteiger partial charge in [0.15, 0.2) is 0 Å². The normalized spacial score (nSPS) is 13.1. The van der Waals surface area contributed by atoms with E-state index in [0.717, 1.165) is 12.1 Å². The Hall–Kier alpha value is -2.86. The van der Waals surface area contributed by atoms with Crippen LogP contribution in [-0.2, 0) is 20.7 Å². The highest BCUT2D eigenvalue weighted by Crippen LogP contribution is 2.25. The first kappa shape index (κ1) is 28.4. The van der Waals surface area contributed by atoms with Crippen LogP contribution in [0.3, 0.4) is 0 Å². The van der Waals surface area contributed by atoms with Crippen LogP contribution in [0, 0.1) is 5.92 Å². The van der Waals surface area contributed by atoms with E-state index in [2.05, 4.69) is 10.1 Å². The summed E-state index contributed by atoms with van der Waals surface area (Å²) in [6.45, 7) is 2.12. The number of alkyl halides is 3. The minimum Gasteiger partial charge on any atom is -0.406 e. The van der Waals surface area contributed by atoms with Crippen LogP contribution in [-0.4, -0.2) is 49.4 Å². The lowest BCUT2D eigenvalue weighted by atomic mass is 9.92. The molecule has 3 N–H and O–H groups in total. The molecule has 0 fully saturated rings. The first-order valence-electron chi connectivity index (χ1n) is 10.6. The Morgan fingerprint density at radius 2 is 1.83 bits per heavy atom. The van der Waals surface area contributed by atoms with Gasteiger partial charge in [0.2, 0.25) is 5.91 Å². The molecule has 0 saturated carbocycles. The second-order valence-corrected chi connectivity index (χ2v) is 7.90. The predicted octanol–water partition coefficient (Wildman–Crippen LogP) is 4.10. The highest BCUT2D eigenvalue weighted by Gasteiger charge is 2.31. The second kappa shape index (κ2) is 13.9. The number of nitrogens with one attached hydrogen (secondary N) is 2. The first-order valence-corrected chi connectivity index (χ1v) is 11.0. The highest BCUT2D eigenvalue weighted by molar-refractivity contribution is 6.30. The Bertz CT molecular complexity index is 959. The van der Waals surface area contributed by atoms with Gasteiger partial charge in [-0.15, -0.1) is 13.2 Å². The smallest absolute Gasteiger partial charge is 0.406 e. The van der Waals surface area contributed by atoms with Gasteiger partial charge in [-0.25, -0.2) is 5.48 Å². The molecule has 0 radical (unpaired) electrons. The number of benzene rings is 2. The maximum atomic E-state index is 12.7. The van der Waals surface area contributed by atoms with Crippen LogP contribution in [0.4, 0.5) is 13.2 Å². The van der Waals surface area contributed by atoms with Crippen molar-refractivity contribution in [3.8, 4) is 5.75 Å². The van der Waals surface area contributed by atoms with Gasteiger partial charge >= 0.3 is 6.36 Å². The molecule has 0 aliphatic heterocycles. The summed E-state index contributed by atoms with van der Waals surface area (Å²) >= 11 is 5.86. The molecular formula is C23H26ClF3N2O6. The van der Waals surface area contributed by atoms with Crippen molar-refractivity contribution in [2.75, 3.05) is 20.0 Å². The maximum Gasteiger partial charge on any atom is 0.573 e. The third-order valence-corrected chi connectivity index (χ3v) is 5.05. The Balaban J connectivity index is 2.17. The average Bonchev–Trinajstić information content (AvgIpc) is 2.80. The molecule has 0 bridgehead atoms. The maximum absolute atomic E-state index is 12.7. The molecule has 12 heteroatoms. The average molecular weight is 519 g/mol. The van der Waals surface area contributed by atoms with Gasteiger partial charge in [-0.05, 0) is 61.7 Å². The van der Waals surface area contributed by atoms with E-state index < -0.39 is 35.9 Å². The van der Waals surface area contributed by atoms with Gasteiger partial charge < -0.3 is 19.5 Å². The Labute approximate surface area is 205 Å². The summed E-state index contributed by atoms with van der Waals surface area (Å²) in [5.74, 6) is -2.59. The fourth-order valence-electron chi connectivity index (χ4n) is 3.24. The Morgan fingerprint density at radius 1 is 1.11 bits per heavy atom. The molecule has 2 aromatic rings. The van der Waals surface area contributed by atoms with Crippen LogP contribution in [0.25, 0.3) is 0 Å². The molecule has 35 heavy (non-hydrogen) atoms. The van der Waals surface area contributed by atoms with Gasteiger partial charge in [0.25, 0.3) is 5.91 Å². The quantitative estimate of drug-likeness (QED) is 0.159. The van der Waals surface area contributed by atoms with Gasteiger partial charge in [0.1, 0.15) is 12.5 Å². The molecule has 2 amide bonds. The molecule has 2 aromatic carbocycles. The van der Waals surface area contributed by atoms with Crippen molar-refractivity contribution in [3.05, 3.63) is 64.7 Å². The summed E-state index contributed by atoms with van der Waals surface area (Å²) in [5, 5.41) is 12.4. The molecule has 0 saturated heterocycles. The number of carbonyl (C=O) groups excluding carboxylic acids is 2. The number of hydrogen-bond acceptors (Lipinski definition) is 6. The zero-order valence-corrected chi connectivity index (χ0v) is 19.6. The predicted molar refractivity (Wildman–Crippen MR) is 120 cm³/mol. The van der Waals surface area contributed by atoms with E-state index in [0.29, 0.717) is 22.8 Å². The molecule has 0 spiro atoms. The van der Waals surface area contributed by atoms with E-state index in [9.17, 15) is 28.0 Å². The summed E-state index contributed by atoms with van der Waals surface area (Å²) in [6, 6.07) is 10.6. The number of amides is 2. The molecule has 0 aliphatic carbocycles. The van der Waals surface area contributed by atoms with E-state index in [1.807, 2.05) is 0 Å². The van der Waals surface area contributed by atoms with Gasteiger partial charge in [-0.3, -0.25) is 14.8 Å². The molecule has 2 atom stereocenters. The second-order valence-electron chi connectivity index (χ2n) is 7.47. The van der Waals surface area contributed by atoms with Crippen molar-refractivity contribution < 1.29 is 42.2 Å². The summed E-state index contributed by atoms with van der Waals surface area (Å²) in [5.41, 5.74) is 2.25. The lowest BCUT2D eigenvalue weighted by Crippen LogP contribution is -2.42. The lowest BCUT2D eigenvalue weighted by Gasteiger charge is -2.24. The monoisotopic (exact) mass is 518 g/mol. The van der Waals surface area contributed by atoms with Crippen LogP contribution in [0.5, 0.6) is 5.75 Å². The minimum atomic E-state index is -4.87. The zero-order valence-electron chi connectivity index (χ0n) is 18.8. The molecule has 2 unspecified atom stereocenters. The van der Waals surface area contributed by atoms with Gasteiger partial charge in [0.05, 0.1) is 12.6 Å². The number of halogens is 4. The van der Waals surface area contributed by atoms with Gasteiger partial charge in [-0.1, -0.05) is 23.7 Å². The van der Waals surface area contributed by atoms with E-state index in [4.69, 9.17) is 21.1 Å². The first-order chi connectivity index (χ1) is 16.6. The van der Waals surface area contributed by atoms with Crippen molar-refractivity contribution in [2.24, 2.45) is 5.92 Å². The summed E-state index contributed by atoms with van der Waals surface area (Å²) in [7, 11) is 0. The fourth-order valence-corrected chi connectivity index (χ4v) is 3.37. The third-order valence-electron chi connectivity index (χ3n) is 4.80. The number of ether oxygens (including phenoxy) is 3. The summed E-state index contributed by atoms with van der Waals surface area (Å²) < 4.78 is 52.2. The van der Waals surface area contributed by atoms with Gasteiger partial charge in [0, 0.05) is 23.1 Å². The molecule has 8 nitrogen and oxygen atoms in total. The van der Waals surface area contributed by atoms with Crippen LogP contribution in [0.15, 0.2) is 48.5 Å². The number of rotatable bonds is 13. The van der Waals surface area contributed by atoms with Gasteiger partial charge in [-0.2, -0.15) is 0 Å². The van der Waals surface area contributed by atoms with E-state index in [1.54, 1.807) is 24.5 Å². The largest absolute Gasteiger partial charge is 0.573 e. The van der Waals surface area contributed by atoms with E-state index >= 15 is 0 Å². The Morgan fingerprint density at radius 3 is 2.46 bits per heavy atom. The fraction of sp³-hybridized carbons (Fsp3) is 0.391. The third kappa shape index (κ3) is 10.5. The van der Waals surface area contributed by atoms with Crippen LogP contribution < -0.4 is 15.5 Å². The minimum absolute atomic E-state index is 0.00219. The van der Waals surface area contributed by atoms with Crippen molar-refractivity contribution in [3.63, 3.8) is 0 Å². The van der Waals surface area contributed by atoms with Crippen LogP contribution >= 0.6 is 11.6 Å². The highest BCUT2D eigenvalue weighted by atomic mass is 35.5. The molecule has 0 aliphatic rings.